The molecule has 1 N–H and O–H groups in total. The number of aromatic amines is 1. The van der Waals surface area contributed by atoms with E-state index in [0.29, 0.717) is 60.0 Å². The van der Waals surface area contributed by atoms with Crippen LogP contribution in [0.5, 0.6) is 0 Å². The second kappa shape index (κ2) is 8.72. The molecule has 5 aromatic rings. The number of rotatable bonds is 4. The lowest BCUT2D eigenvalue weighted by Gasteiger charge is -2.36. The standard InChI is InChI=1S/C26H25N7O3/c1-16-7-9-18(10-8-16)22-28-25(36-30-22)17(2)31-11-13-32(14-12-31)26(35)20-15-27-33-21-6-4-3-5-19(21)24(34)29-23(20)33/h3-10,15,17H,11-14H2,1-2H3,(H,29,34). The molecule has 1 aliphatic rings. The molecule has 1 saturated heterocycles. The van der Waals surface area contributed by atoms with Gasteiger partial charge in [0.2, 0.25) is 11.7 Å². The highest BCUT2D eigenvalue weighted by atomic mass is 16.5. The first-order valence-corrected chi connectivity index (χ1v) is 11.9. The maximum atomic E-state index is 13.3. The average Bonchev–Trinajstić information content (AvgIpc) is 3.57. The quantitative estimate of drug-likeness (QED) is 0.418. The summed E-state index contributed by atoms with van der Waals surface area (Å²) in [5, 5.41) is 9.06. The van der Waals surface area contributed by atoms with E-state index < -0.39 is 0 Å². The Morgan fingerprint density at radius 3 is 2.58 bits per heavy atom. The lowest BCUT2D eigenvalue weighted by molar-refractivity contribution is 0.0553. The van der Waals surface area contributed by atoms with Gasteiger partial charge in [0.05, 0.1) is 23.1 Å². The molecule has 0 saturated carbocycles. The molecule has 0 bridgehead atoms. The molecule has 1 unspecified atom stereocenters. The predicted molar refractivity (Wildman–Crippen MR) is 134 cm³/mol. The third-order valence-electron chi connectivity index (χ3n) is 6.87. The first-order chi connectivity index (χ1) is 17.5. The highest BCUT2D eigenvalue weighted by molar-refractivity contribution is 6.00. The lowest BCUT2D eigenvalue weighted by Crippen LogP contribution is -2.49. The molecule has 4 heterocycles. The van der Waals surface area contributed by atoms with E-state index in [0.717, 1.165) is 5.56 Å². The zero-order valence-corrected chi connectivity index (χ0v) is 20.0. The number of aromatic nitrogens is 5. The van der Waals surface area contributed by atoms with Gasteiger partial charge in [-0.15, -0.1) is 0 Å². The fraction of sp³-hybridized carbons (Fsp3) is 0.269. The molecular formula is C26H25N7O3. The number of H-pyrrole nitrogens is 1. The monoisotopic (exact) mass is 483 g/mol. The minimum Gasteiger partial charge on any atom is -0.337 e. The molecule has 10 nitrogen and oxygen atoms in total. The highest BCUT2D eigenvalue weighted by Gasteiger charge is 2.29. The second-order valence-corrected chi connectivity index (χ2v) is 9.12. The maximum absolute atomic E-state index is 13.3. The minimum absolute atomic E-state index is 0.0753. The number of aryl methyl sites for hydroxylation is 1. The molecule has 0 spiro atoms. The molecule has 1 atom stereocenters. The summed E-state index contributed by atoms with van der Waals surface area (Å²) in [6.07, 6.45) is 1.53. The van der Waals surface area contributed by atoms with Gasteiger partial charge in [-0.3, -0.25) is 14.5 Å². The van der Waals surface area contributed by atoms with Crippen LogP contribution in [0.25, 0.3) is 27.9 Å². The van der Waals surface area contributed by atoms with Crippen molar-refractivity contribution in [2.24, 2.45) is 0 Å². The predicted octanol–water partition coefficient (Wildman–Crippen LogP) is 3.05. The zero-order chi connectivity index (χ0) is 24.8. The average molecular weight is 484 g/mol. The zero-order valence-electron chi connectivity index (χ0n) is 20.0. The number of hydrogen-bond acceptors (Lipinski definition) is 7. The second-order valence-electron chi connectivity index (χ2n) is 9.12. The van der Waals surface area contributed by atoms with Crippen LogP contribution < -0.4 is 5.56 Å². The van der Waals surface area contributed by atoms with E-state index in [9.17, 15) is 9.59 Å². The van der Waals surface area contributed by atoms with Crippen molar-refractivity contribution < 1.29 is 9.32 Å². The third kappa shape index (κ3) is 3.75. The number of para-hydroxylation sites is 1. The summed E-state index contributed by atoms with van der Waals surface area (Å²) in [7, 11) is 0. The number of piperazine rings is 1. The normalized spacial score (nSPS) is 15.6. The van der Waals surface area contributed by atoms with Crippen LogP contribution in [0.3, 0.4) is 0 Å². The van der Waals surface area contributed by atoms with Crippen molar-refractivity contribution in [1.82, 2.24) is 34.5 Å². The molecule has 10 heteroatoms. The van der Waals surface area contributed by atoms with Crippen LogP contribution in [0.1, 0.15) is 34.8 Å². The maximum Gasteiger partial charge on any atom is 0.259 e. The van der Waals surface area contributed by atoms with Crippen LogP contribution in [0, 0.1) is 6.92 Å². The molecular weight excluding hydrogens is 458 g/mol. The van der Waals surface area contributed by atoms with Crippen LogP contribution in [0.15, 0.2) is 64.0 Å². The smallest absolute Gasteiger partial charge is 0.259 e. The highest BCUT2D eigenvalue weighted by Crippen LogP contribution is 2.24. The van der Waals surface area contributed by atoms with E-state index in [1.807, 2.05) is 50.2 Å². The van der Waals surface area contributed by atoms with Crippen LogP contribution >= 0.6 is 0 Å². The van der Waals surface area contributed by atoms with Crippen molar-refractivity contribution in [3.8, 4) is 11.4 Å². The van der Waals surface area contributed by atoms with Crippen molar-refractivity contribution in [1.29, 1.82) is 0 Å². The molecule has 6 rings (SSSR count). The molecule has 0 radical (unpaired) electrons. The van der Waals surface area contributed by atoms with Crippen LogP contribution in [-0.4, -0.2) is 66.6 Å². The minimum atomic E-state index is -0.240. The number of nitrogens with one attached hydrogen (secondary N) is 1. The fourth-order valence-corrected chi connectivity index (χ4v) is 4.70. The molecule has 2 aromatic carbocycles. The SMILES string of the molecule is Cc1ccc(-c2noc(C(C)N3CCN(C(=O)c4cnn5c4[nH]c(=O)c4ccccc45)CC3)n2)cc1. The van der Waals surface area contributed by atoms with Crippen molar-refractivity contribution in [3.63, 3.8) is 0 Å². The Morgan fingerprint density at radius 1 is 1.06 bits per heavy atom. The number of carbonyl (C=O) groups excluding carboxylic acids is 1. The van der Waals surface area contributed by atoms with Crippen LogP contribution in [0.2, 0.25) is 0 Å². The van der Waals surface area contributed by atoms with Gasteiger partial charge in [0.25, 0.3) is 11.5 Å². The number of amides is 1. The van der Waals surface area contributed by atoms with E-state index in [1.165, 1.54) is 11.8 Å². The van der Waals surface area contributed by atoms with Crippen molar-refractivity contribution >= 4 is 22.5 Å². The summed E-state index contributed by atoms with van der Waals surface area (Å²) in [4.78, 5) is 37.3. The first kappa shape index (κ1) is 22.2. The molecule has 1 aliphatic heterocycles. The lowest BCUT2D eigenvalue weighted by atomic mass is 10.1. The van der Waals surface area contributed by atoms with E-state index in [4.69, 9.17) is 4.52 Å². The Kier molecular flexibility index (Phi) is 5.37. The molecule has 0 aliphatic carbocycles. The van der Waals surface area contributed by atoms with Crippen LogP contribution in [-0.2, 0) is 0 Å². The Labute approximate surface area is 206 Å². The Balaban J connectivity index is 1.16. The summed E-state index contributed by atoms with van der Waals surface area (Å²) in [5.41, 5.74) is 3.31. The molecule has 182 valence electrons. The van der Waals surface area contributed by atoms with E-state index in [-0.39, 0.29) is 17.5 Å². The van der Waals surface area contributed by atoms with Gasteiger partial charge in [0, 0.05) is 31.7 Å². The number of hydrogen-bond donors (Lipinski definition) is 1. The van der Waals surface area contributed by atoms with Gasteiger partial charge in [-0.25, -0.2) is 4.52 Å². The van der Waals surface area contributed by atoms with Gasteiger partial charge in [-0.1, -0.05) is 47.1 Å². The molecule has 36 heavy (non-hydrogen) atoms. The summed E-state index contributed by atoms with van der Waals surface area (Å²) >= 11 is 0. The summed E-state index contributed by atoms with van der Waals surface area (Å²) in [6.45, 7) is 6.47. The van der Waals surface area contributed by atoms with Gasteiger partial charge in [0.1, 0.15) is 11.2 Å². The molecule has 3 aromatic heterocycles. The fourth-order valence-electron chi connectivity index (χ4n) is 4.70. The van der Waals surface area contributed by atoms with Gasteiger partial charge < -0.3 is 14.4 Å². The summed E-state index contributed by atoms with van der Waals surface area (Å²) < 4.78 is 7.18. The number of benzene rings is 2. The number of carbonyl (C=O) groups is 1. The Morgan fingerprint density at radius 2 is 1.81 bits per heavy atom. The largest absolute Gasteiger partial charge is 0.337 e. The molecule has 1 amide bonds. The van der Waals surface area contributed by atoms with Crippen LogP contribution in [0.4, 0.5) is 0 Å². The Bertz CT molecular complexity index is 1630. The van der Waals surface area contributed by atoms with E-state index in [1.54, 1.807) is 21.5 Å². The van der Waals surface area contributed by atoms with Gasteiger partial charge in [-0.05, 0) is 26.0 Å². The Hall–Kier alpha value is -4.31. The third-order valence-corrected chi connectivity index (χ3v) is 6.87. The van der Waals surface area contributed by atoms with E-state index in [2.05, 4.69) is 25.1 Å². The molecule has 1 fully saturated rings. The van der Waals surface area contributed by atoms with Crippen molar-refractivity contribution in [2.45, 2.75) is 19.9 Å². The van der Waals surface area contributed by atoms with Gasteiger partial charge in [-0.2, -0.15) is 10.1 Å². The first-order valence-electron chi connectivity index (χ1n) is 11.9. The summed E-state index contributed by atoms with van der Waals surface area (Å²) in [5.74, 6) is 0.973. The van der Waals surface area contributed by atoms with Gasteiger partial charge >= 0.3 is 0 Å². The van der Waals surface area contributed by atoms with Crippen molar-refractivity contribution in [2.75, 3.05) is 26.2 Å². The van der Waals surface area contributed by atoms with E-state index >= 15 is 0 Å². The van der Waals surface area contributed by atoms with Gasteiger partial charge in [0.15, 0.2) is 0 Å². The summed E-state index contributed by atoms with van der Waals surface area (Å²) in [6, 6.07) is 15.1. The number of fused-ring (bicyclic) bond motifs is 3. The number of nitrogens with zero attached hydrogens (tertiary/aromatic N) is 6. The van der Waals surface area contributed by atoms with Crippen molar-refractivity contribution in [3.05, 3.63) is 82.1 Å². The topological polar surface area (TPSA) is 113 Å².